The van der Waals surface area contributed by atoms with Crippen LogP contribution in [0.3, 0.4) is 0 Å². The Bertz CT molecular complexity index is 510. The molecule has 0 aliphatic rings. The minimum Gasteiger partial charge on any atom is -0.478 e. The van der Waals surface area contributed by atoms with Crippen LogP contribution in [0.25, 0.3) is 11.3 Å². The predicted molar refractivity (Wildman–Crippen MR) is 54.7 cm³/mol. The zero-order valence-corrected chi connectivity index (χ0v) is 8.48. The average molecular weight is 205 g/mol. The molecule has 0 aromatic carbocycles. The molecule has 15 heavy (non-hydrogen) atoms. The molecule has 5 nitrogen and oxygen atoms in total. The lowest BCUT2D eigenvalue weighted by atomic mass is 10.1. The van der Waals surface area contributed by atoms with Gasteiger partial charge in [-0.2, -0.15) is 5.10 Å². The molecule has 0 saturated heterocycles. The quantitative estimate of drug-likeness (QED) is 0.778. The van der Waals surface area contributed by atoms with Crippen molar-refractivity contribution in [1.82, 2.24) is 14.8 Å². The summed E-state index contributed by atoms with van der Waals surface area (Å²) in [4.78, 5) is 11.0. The molecule has 0 aliphatic carbocycles. The molecule has 0 spiro atoms. The molecule has 0 unspecified atom stereocenters. The summed E-state index contributed by atoms with van der Waals surface area (Å²) in [6.07, 6.45) is 3.69. The topological polar surface area (TPSA) is 70.9 Å². The number of aromatic nitrogens is 3. The number of rotatable bonds is 2. The Morgan fingerprint density at radius 3 is 2.87 bits per heavy atom. The molecule has 5 heteroatoms. The molecule has 0 amide bonds. The third kappa shape index (κ3) is 1.52. The number of aromatic carboxylic acids is 1. The monoisotopic (exact) mass is 205 g/mol. The minimum absolute atomic E-state index is 0.237. The number of carbonyl (C=O) groups is 1. The summed E-state index contributed by atoms with van der Waals surface area (Å²) < 4.78 is 1.85. The maximum absolute atomic E-state index is 11.0. The smallest absolute Gasteiger partial charge is 0.339 e. The van der Waals surface area contributed by atoms with E-state index in [-0.39, 0.29) is 5.56 Å². The minimum atomic E-state index is -0.958. The SMILES string of the molecule is Cc1[nH]nc(-c2ccn(C)c2)c1C(=O)O. The van der Waals surface area contributed by atoms with E-state index in [1.54, 1.807) is 6.92 Å². The summed E-state index contributed by atoms with van der Waals surface area (Å²) >= 11 is 0. The van der Waals surface area contributed by atoms with Crippen molar-refractivity contribution in [3.63, 3.8) is 0 Å². The van der Waals surface area contributed by atoms with E-state index in [1.165, 1.54) is 0 Å². The molecule has 2 heterocycles. The van der Waals surface area contributed by atoms with Crippen LogP contribution in [0.4, 0.5) is 0 Å². The maximum atomic E-state index is 11.0. The highest BCUT2D eigenvalue weighted by Crippen LogP contribution is 2.23. The second kappa shape index (κ2) is 3.27. The van der Waals surface area contributed by atoms with E-state index in [0.717, 1.165) is 5.56 Å². The highest BCUT2D eigenvalue weighted by Gasteiger charge is 2.18. The first-order chi connectivity index (χ1) is 7.09. The highest BCUT2D eigenvalue weighted by atomic mass is 16.4. The number of carboxylic acid groups (broad SMARTS) is 1. The second-order valence-electron chi connectivity index (χ2n) is 3.44. The molecule has 0 saturated carbocycles. The molecule has 2 aromatic rings. The van der Waals surface area contributed by atoms with E-state index in [1.807, 2.05) is 30.1 Å². The van der Waals surface area contributed by atoms with Gasteiger partial charge >= 0.3 is 5.97 Å². The van der Waals surface area contributed by atoms with Gasteiger partial charge in [0.2, 0.25) is 0 Å². The zero-order chi connectivity index (χ0) is 11.0. The first-order valence-corrected chi connectivity index (χ1v) is 4.50. The molecule has 0 bridgehead atoms. The lowest BCUT2D eigenvalue weighted by Gasteiger charge is -1.95. The first-order valence-electron chi connectivity index (χ1n) is 4.50. The number of aryl methyl sites for hydroxylation is 2. The van der Waals surface area contributed by atoms with Crippen molar-refractivity contribution in [3.8, 4) is 11.3 Å². The van der Waals surface area contributed by atoms with Gasteiger partial charge in [0.25, 0.3) is 0 Å². The van der Waals surface area contributed by atoms with Crippen LogP contribution in [0.2, 0.25) is 0 Å². The van der Waals surface area contributed by atoms with Gasteiger partial charge in [0.1, 0.15) is 11.3 Å². The fourth-order valence-corrected chi connectivity index (χ4v) is 1.54. The molecule has 0 fully saturated rings. The van der Waals surface area contributed by atoms with Crippen molar-refractivity contribution >= 4 is 5.97 Å². The fourth-order valence-electron chi connectivity index (χ4n) is 1.54. The van der Waals surface area contributed by atoms with E-state index in [0.29, 0.717) is 11.4 Å². The Labute approximate surface area is 86.4 Å². The zero-order valence-electron chi connectivity index (χ0n) is 8.48. The lowest BCUT2D eigenvalue weighted by molar-refractivity contribution is 0.0697. The van der Waals surface area contributed by atoms with Crippen LogP contribution in [-0.2, 0) is 7.05 Å². The Morgan fingerprint density at radius 1 is 1.60 bits per heavy atom. The van der Waals surface area contributed by atoms with Crippen molar-refractivity contribution in [1.29, 1.82) is 0 Å². The van der Waals surface area contributed by atoms with Gasteiger partial charge in [-0.05, 0) is 13.0 Å². The highest BCUT2D eigenvalue weighted by molar-refractivity contribution is 5.95. The number of hydrogen-bond donors (Lipinski definition) is 2. The van der Waals surface area contributed by atoms with Crippen molar-refractivity contribution in [2.24, 2.45) is 7.05 Å². The van der Waals surface area contributed by atoms with Gasteiger partial charge in [-0.15, -0.1) is 0 Å². The summed E-state index contributed by atoms with van der Waals surface area (Å²) in [5.41, 5.74) is 2.10. The third-order valence-corrected chi connectivity index (χ3v) is 2.27. The molecular weight excluding hydrogens is 194 g/mol. The number of carboxylic acids is 1. The Morgan fingerprint density at radius 2 is 2.33 bits per heavy atom. The van der Waals surface area contributed by atoms with Crippen molar-refractivity contribution < 1.29 is 9.90 Å². The van der Waals surface area contributed by atoms with Crippen LogP contribution in [0.1, 0.15) is 16.1 Å². The standard InChI is InChI=1S/C10H11N3O2/c1-6-8(10(14)15)9(12-11-6)7-3-4-13(2)5-7/h3-5H,1-2H3,(H,11,12)(H,14,15). The van der Waals surface area contributed by atoms with Crippen LogP contribution in [-0.4, -0.2) is 25.8 Å². The van der Waals surface area contributed by atoms with E-state index in [4.69, 9.17) is 5.11 Å². The average Bonchev–Trinajstić information content (AvgIpc) is 2.71. The van der Waals surface area contributed by atoms with Crippen LogP contribution in [0.5, 0.6) is 0 Å². The van der Waals surface area contributed by atoms with E-state index in [9.17, 15) is 4.79 Å². The summed E-state index contributed by atoms with van der Waals surface area (Å²) in [5, 5.41) is 15.7. The Hall–Kier alpha value is -2.04. The Kier molecular flexibility index (Phi) is 2.07. The summed E-state index contributed by atoms with van der Waals surface area (Å²) in [6, 6.07) is 1.84. The van der Waals surface area contributed by atoms with Crippen LogP contribution in [0.15, 0.2) is 18.5 Å². The van der Waals surface area contributed by atoms with Crippen LogP contribution in [0, 0.1) is 6.92 Å². The van der Waals surface area contributed by atoms with E-state index in [2.05, 4.69) is 10.2 Å². The van der Waals surface area contributed by atoms with Crippen LogP contribution < -0.4 is 0 Å². The molecular formula is C10H11N3O2. The predicted octanol–water partition coefficient (Wildman–Crippen LogP) is 1.42. The first kappa shape index (κ1) is 9.51. The number of nitrogens with one attached hydrogen (secondary N) is 1. The normalized spacial score (nSPS) is 10.5. The fraction of sp³-hybridized carbons (Fsp3) is 0.200. The lowest BCUT2D eigenvalue weighted by Crippen LogP contribution is -1.99. The molecule has 2 N–H and O–H groups in total. The third-order valence-electron chi connectivity index (χ3n) is 2.27. The number of H-pyrrole nitrogens is 1. The summed E-state index contributed by atoms with van der Waals surface area (Å²) in [7, 11) is 1.88. The van der Waals surface area contributed by atoms with Crippen molar-refractivity contribution in [2.75, 3.05) is 0 Å². The van der Waals surface area contributed by atoms with Gasteiger partial charge in [-0.25, -0.2) is 4.79 Å². The van der Waals surface area contributed by atoms with E-state index < -0.39 is 5.97 Å². The van der Waals surface area contributed by atoms with Gasteiger partial charge in [0.05, 0.1) is 0 Å². The molecule has 2 aromatic heterocycles. The van der Waals surface area contributed by atoms with Crippen molar-refractivity contribution in [3.05, 3.63) is 29.7 Å². The van der Waals surface area contributed by atoms with Gasteiger partial charge in [-0.1, -0.05) is 0 Å². The largest absolute Gasteiger partial charge is 0.478 e. The molecule has 0 atom stereocenters. The molecule has 0 aliphatic heterocycles. The Balaban J connectivity index is 2.58. The summed E-state index contributed by atoms with van der Waals surface area (Å²) in [6.45, 7) is 1.70. The van der Waals surface area contributed by atoms with E-state index >= 15 is 0 Å². The molecule has 0 radical (unpaired) electrons. The number of nitrogens with zero attached hydrogens (tertiary/aromatic N) is 2. The summed E-state index contributed by atoms with van der Waals surface area (Å²) in [5.74, 6) is -0.958. The maximum Gasteiger partial charge on any atom is 0.339 e. The molecule has 2 rings (SSSR count). The van der Waals surface area contributed by atoms with Gasteiger partial charge in [-0.3, -0.25) is 5.10 Å². The number of hydrogen-bond acceptors (Lipinski definition) is 2. The second-order valence-corrected chi connectivity index (χ2v) is 3.44. The van der Waals surface area contributed by atoms with Gasteiger partial charge in [0.15, 0.2) is 0 Å². The van der Waals surface area contributed by atoms with Gasteiger partial charge < -0.3 is 9.67 Å². The number of aromatic amines is 1. The van der Waals surface area contributed by atoms with Gasteiger partial charge in [0, 0.05) is 30.7 Å². The van der Waals surface area contributed by atoms with Crippen LogP contribution >= 0.6 is 0 Å². The van der Waals surface area contributed by atoms with Crippen molar-refractivity contribution in [2.45, 2.75) is 6.92 Å². The molecule has 78 valence electrons.